The van der Waals surface area contributed by atoms with Crippen molar-refractivity contribution in [3.63, 3.8) is 0 Å². The third-order valence-electron chi connectivity index (χ3n) is 13.0. The van der Waals surface area contributed by atoms with Crippen LogP contribution >= 0.6 is 0 Å². The maximum Gasteiger partial charge on any atom is 0.0619 e. The maximum atomic E-state index is 4.37. The third kappa shape index (κ3) is 7.83. The summed E-state index contributed by atoms with van der Waals surface area (Å²) in [6, 6.07) is 0.428. The molecule has 0 aliphatic heterocycles. The number of unbranched alkanes of at least 4 members (excludes halogenated alkanes) is 1. The molecule has 7 rings (SSSR count). The van der Waals surface area contributed by atoms with Gasteiger partial charge in [-0.25, -0.2) is 0 Å². The summed E-state index contributed by atoms with van der Waals surface area (Å²) in [5.41, 5.74) is 8.67. The van der Waals surface area contributed by atoms with E-state index in [4.69, 9.17) is 0 Å². The Kier molecular flexibility index (Phi) is 12.0. The van der Waals surface area contributed by atoms with Gasteiger partial charge in [0.1, 0.15) is 0 Å². The summed E-state index contributed by atoms with van der Waals surface area (Å²) in [5, 5.41) is 0. The van der Waals surface area contributed by atoms with Gasteiger partial charge in [0, 0.05) is 23.3 Å². The van der Waals surface area contributed by atoms with Gasteiger partial charge in [-0.05, 0) is 160 Å². The van der Waals surface area contributed by atoms with Crippen LogP contribution in [0.2, 0.25) is 0 Å². The highest BCUT2D eigenvalue weighted by molar-refractivity contribution is 5.46. The summed E-state index contributed by atoms with van der Waals surface area (Å²) >= 11 is 0. The van der Waals surface area contributed by atoms with E-state index in [1.165, 1.54) is 78.8 Å². The van der Waals surface area contributed by atoms with E-state index in [1.54, 1.807) is 0 Å². The first-order valence-corrected chi connectivity index (χ1v) is 20.5. The molecule has 0 aromatic carbocycles. The van der Waals surface area contributed by atoms with E-state index in [2.05, 4.69) is 140 Å². The van der Waals surface area contributed by atoms with Crippen LogP contribution in [0, 0.1) is 35.5 Å². The Morgan fingerprint density at radius 3 is 2.33 bits per heavy atom. The van der Waals surface area contributed by atoms with Gasteiger partial charge in [0.05, 0.1) is 12.1 Å². The molecule has 1 saturated carbocycles. The minimum atomic E-state index is 0.157. The second kappa shape index (κ2) is 17.2. The molecule has 52 heavy (non-hydrogen) atoms. The van der Waals surface area contributed by atoms with Gasteiger partial charge in [0.15, 0.2) is 0 Å². The van der Waals surface area contributed by atoms with Gasteiger partial charge in [0.25, 0.3) is 0 Å². The summed E-state index contributed by atoms with van der Waals surface area (Å²) in [7, 11) is 0. The summed E-state index contributed by atoms with van der Waals surface area (Å²) in [5.74, 6) is 3.92. The van der Waals surface area contributed by atoms with Crippen molar-refractivity contribution in [1.29, 1.82) is 0 Å². The highest BCUT2D eigenvalue weighted by Crippen LogP contribution is 2.52. The number of fused-ring (bicyclic) bond motifs is 2. The average Bonchev–Trinajstić information content (AvgIpc) is 3.18. The van der Waals surface area contributed by atoms with Gasteiger partial charge in [-0.15, -0.1) is 26.3 Å². The van der Waals surface area contributed by atoms with Gasteiger partial charge in [-0.3, -0.25) is 0 Å². The number of allylic oxidation sites excluding steroid dienone is 17. The van der Waals surface area contributed by atoms with Crippen LogP contribution in [0.5, 0.6) is 0 Å². The monoisotopic (exact) mass is 690 g/mol. The van der Waals surface area contributed by atoms with Crippen molar-refractivity contribution in [2.24, 2.45) is 35.5 Å². The lowest BCUT2D eigenvalue weighted by molar-refractivity contribution is 0.142. The molecule has 2 heteroatoms. The first-order valence-electron chi connectivity index (χ1n) is 20.5. The van der Waals surface area contributed by atoms with Crippen LogP contribution in [-0.2, 0) is 0 Å². The van der Waals surface area contributed by atoms with Crippen LogP contribution in [0.25, 0.3) is 0 Å². The lowest BCUT2D eigenvalue weighted by Gasteiger charge is -2.48. The Balaban J connectivity index is 1.26. The largest absolute Gasteiger partial charge is 0.344 e. The summed E-state index contributed by atoms with van der Waals surface area (Å²) in [6.07, 6.45) is 58.7. The number of hydrogen-bond donors (Lipinski definition) is 0. The lowest BCUT2D eigenvalue weighted by atomic mass is 9.59. The molecule has 0 N–H and O–H groups in total. The van der Waals surface area contributed by atoms with E-state index in [9.17, 15) is 0 Å². The molecule has 0 radical (unpaired) electrons. The smallest absolute Gasteiger partial charge is 0.0619 e. The second-order valence-electron chi connectivity index (χ2n) is 16.2. The van der Waals surface area contributed by atoms with Gasteiger partial charge in [-0.2, -0.15) is 0 Å². The Morgan fingerprint density at radius 2 is 1.56 bits per heavy atom. The Labute approximate surface area is 315 Å². The molecule has 0 aromatic rings. The fourth-order valence-corrected chi connectivity index (χ4v) is 10.4. The standard InChI is InChI=1S/C50H62N2/c1-5-9-10-11-33-51(49-36-39-19-12-17-37(34-39)23-24-38-18-13-21-42(49)35-38)44-27-29-45(30-28-44)52(43(8-4)16-7-3)48-32-31-46-40(15-6-2)25-26-41-20-14-22-47(48)50(41)46/h5-8,11-14,19,21-22,27,29,31-35,37-38,40-41,43,46,49-50H,1-4,9-10,15-18,20,23-26,28,30,36H2. The Hall–Kier alpha value is -4.04. The highest BCUT2D eigenvalue weighted by atomic mass is 15.2. The molecule has 7 aliphatic carbocycles. The van der Waals surface area contributed by atoms with E-state index in [1.807, 2.05) is 6.08 Å². The van der Waals surface area contributed by atoms with Crippen LogP contribution in [0.15, 0.2) is 170 Å². The molecule has 8 atom stereocenters. The van der Waals surface area contributed by atoms with Gasteiger partial charge in [0.2, 0.25) is 0 Å². The summed E-state index contributed by atoms with van der Waals surface area (Å²) in [4.78, 5) is 5.27. The van der Waals surface area contributed by atoms with E-state index in [-0.39, 0.29) is 12.1 Å². The molecule has 0 saturated heterocycles. The summed E-state index contributed by atoms with van der Waals surface area (Å²) < 4.78 is 0. The zero-order chi connectivity index (χ0) is 35.9. The van der Waals surface area contributed by atoms with E-state index < -0.39 is 0 Å². The van der Waals surface area contributed by atoms with Gasteiger partial charge >= 0.3 is 0 Å². The molecule has 1 fully saturated rings. The quantitative estimate of drug-likeness (QED) is 0.132. The lowest BCUT2D eigenvalue weighted by Crippen LogP contribution is -2.41. The molecule has 272 valence electrons. The molecule has 8 unspecified atom stereocenters. The van der Waals surface area contributed by atoms with E-state index in [0.717, 1.165) is 50.9 Å². The predicted octanol–water partition coefficient (Wildman–Crippen LogP) is 12.9. The molecular weight excluding hydrogens is 629 g/mol. The zero-order valence-corrected chi connectivity index (χ0v) is 31.6. The fourth-order valence-electron chi connectivity index (χ4n) is 10.4. The van der Waals surface area contributed by atoms with Crippen LogP contribution in [-0.4, -0.2) is 21.9 Å². The first kappa shape index (κ1) is 36.3. The van der Waals surface area contributed by atoms with E-state index >= 15 is 0 Å². The molecule has 0 amide bonds. The number of hydrogen-bond acceptors (Lipinski definition) is 2. The van der Waals surface area contributed by atoms with Crippen molar-refractivity contribution in [3.05, 3.63) is 170 Å². The zero-order valence-electron chi connectivity index (χ0n) is 31.6. The predicted molar refractivity (Wildman–Crippen MR) is 223 cm³/mol. The van der Waals surface area contributed by atoms with E-state index in [0.29, 0.717) is 29.6 Å². The number of rotatable bonds is 14. The van der Waals surface area contributed by atoms with Gasteiger partial charge < -0.3 is 9.80 Å². The van der Waals surface area contributed by atoms with Crippen molar-refractivity contribution < 1.29 is 0 Å². The first-order chi connectivity index (χ1) is 25.6. The van der Waals surface area contributed by atoms with Crippen molar-refractivity contribution >= 4 is 0 Å². The van der Waals surface area contributed by atoms with Crippen LogP contribution < -0.4 is 0 Å². The second-order valence-corrected chi connectivity index (χ2v) is 16.2. The minimum absolute atomic E-state index is 0.157. The van der Waals surface area contributed by atoms with Crippen molar-refractivity contribution in [1.82, 2.24) is 9.80 Å². The third-order valence-corrected chi connectivity index (χ3v) is 13.0. The van der Waals surface area contributed by atoms with Gasteiger partial charge in [-0.1, -0.05) is 85.1 Å². The minimum Gasteiger partial charge on any atom is -0.344 e. The SMILES string of the molecule is C=CCCC=CN(C1=CC=C(N(C2=C3C=CCC4CCC(CC=C)C(C=C2)C34)C(C=C)CC=C)CC1)C1CC2=CC(CC=C2)CCC2C=C1C=CC2. The molecule has 7 aliphatic rings. The van der Waals surface area contributed by atoms with Crippen molar-refractivity contribution in [3.8, 4) is 0 Å². The normalized spacial score (nSPS) is 31.0. The summed E-state index contributed by atoms with van der Waals surface area (Å²) in [6.45, 7) is 16.7. The molecule has 0 spiro atoms. The average molecular weight is 691 g/mol. The fraction of sp³-hybridized carbons (Fsp3) is 0.440. The molecular formula is C50H62N2. The highest BCUT2D eigenvalue weighted by Gasteiger charge is 2.43. The number of nitrogens with zero attached hydrogens (tertiary/aromatic N) is 2. The molecule has 2 nitrogen and oxygen atoms in total. The molecule has 4 bridgehead atoms. The molecule has 0 aromatic heterocycles. The van der Waals surface area contributed by atoms with Crippen molar-refractivity contribution in [2.75, 3.05) is 0 Å². The Bertz CT molecular complexity index is 1680. The van der Waals surface area contributed by atoms with Crippen LogP contribution in [0.1, 0.15) is 89.9 Å². The maximum absolute atomic E-state index is 4.37. The molecule has 0 heterocycles. The topological polar surface area (TPSA) is 6.48 Å². The van der Waals surface area contributed by atoms with Crippen molar-refractivity contribution in [2.45, 2.75) is 102 Å². The Morgan fingerprint density at radius 1 is 0.769 bits per heavy atom. The van der Waals surface area contributed by atoms with Crippen LogP contribution in [0.4, 0.5) is 0 Å². The van der Waals surface area contributed by atoms with Crippen LogP contribution in [0.3, 0.4) is 0 Å².